The topological polar surface area (TPSA) is 27.1 Å². The fourth-order valence-corrected chi connectivity index (χ4v) is 4.03. The van der Waals surface area contributed by atoms with Gasteiger partial charge in [0.2, 0.25) is 0 Å². The highest BCUT2D eigenvalue weighted by atomic mass is 16.5. The quantitative estimate of drug-likeness (QED) is 0.279. The van der Waals surface area contributed by atoms with E-state index >= 15 is 0 Å². The zero-order valence-corrected chi connectivity index (χ0v) is 18.8. The summed E-state index contributed by atoms with van der Waals surface area (Å²) in [4.78, 5) is 4.94. The second-order valence-corrected chi connectivity index (χ2v) is 8.35. The Morgan fingerprint density at radius 3 is 2.45 bits per heavy atom. The van der Waals surface area contributed by atoms with Crippen LogP contribution in [0.15, 0.2) is 72.8 Å². The number of ether oxygens (including phenoxy) is 1. The Morgan fingerprint density at radius 2 is 1.68 bits per heavy atom. The van der Waals surface area contributed by atoms with E-state index in [0.29, 0.717) is 12.5 Å². The molecular formula is C28H32N2O. The first-order valence-electron chi connectivity index (χ1n) is 11.4. The van der Waals surface area contributed by atoms with Crippen LogP contribution in [-0.2, 0) is 13.0 Å². The van der Waals surface area contributed by atoms with E-state index in [0.717, 1.165) is 42.9 Å². The third kappa shape index (κ3) is 4.99. The van der Waals surface area contributed by atoms with Crippen LogP contribution in [0.4, 0.5) is 0 Å². The van der Waals surface area contributed by atoms with Crippen molar-refractivity contribution in [3.05, 3.63) is 95.3 Å². The van der Waals surface area contributed by atoms with Gasteiger partial charge in [0.15, 0.2) is 0 Å². The van der Waals surface area contributed by atoms with Gasteiger partial charge >= 0.3 is 0 Å². The maximum absolute atomic E-state index is 6.03. The predicted octanol–water partition coefficient (Wildman–Crippen LogP) is 6.92. The summed E-state index contributed by atoms with van der Waals surface area (Å²) in [5, 5.41) is 0. The van der Waals surface area contributed by atoms with E-state index < -0.39 is 0 Å². The molecule has 0 saturated heterocycles. The molecule has 3 nitrogen and oxygen atoms in total. The number of hydrogen-bond acceptors (Lipinski definition) is 2. The number of hydrogen-bond donors (Lipinski definition) is 0. The van der Waals surface area contributed by atoms with Crippen LogP contribution in [0, 0.1) is 6.92 Å². The van der Waals surface area contributed by atoms with Gasteiger partial charge in [0.05, 0.1) is 17.6 Å². The first-order chi connectivity index (χ1) is 15.2. The molecule has 0 spiro atoms. The van der Waals surface area contributed by atoms with Crippen LogP contribution in [0.2, 0.25) is 0 Å². The lowest BCUT2D eigenvalue weighted by Crippen LogP contribution is -2.09. The first kappa shape index (κ1) is 21.2. The zero-order chi connectivity index (χ0) is 21.6. The summed E-state index contributed by atoms with van der Waals surface area (Å²) in [6.07, 6.45) is 2.94. The summed E-state index contributed by atoms with van der Waals surface area (Å²) >= 11 is 0. The maximum Gasteiger partial charge on any atom is 0.119 e. The normalized spacial score (nSPS) is 12.2. The van der Waals surface area contributed by atoms with E-state index in [4.69, 9.17) is 9.72 Å². The monoisotopic (exact) mass is 412 g/mol. The van der Waals surface area contributed by atoms with Gasteiger partial charge < -0.3 is 9.30 Å². The Morgan fingerprint density at radius 1 is 0.935 bits per heavy atom. The van der Waals surface area contributed by atoms with Gasteiger partial charge in [-0.05, 0) is 66.6 Å². The van der Waals surface area contributed by atoms with E-state index in [1.165, 1.54) is 22.2 Å². The second kappa shape index (κ2) is 9.82. The van der Waals surface area contributed by atoms with Gasteiger partial charge in [0, 0.05) is 13.0 Å². The van der Waals surface area contributed by atoms with Crippen molar-refractivity contribution in [2.45, 2.75) is 52.5 Å². The van der Waals surface area contributed by atoms with Crippen LogP contribution in [0.25, 0.3) is 11.0 Å². The molecular weight excluding hydrogens is 380 g/mol. The number of aromatic nitrogens is 2. The highest BCUT2D eigenvalue weighted by molar-refractivity contribution is 5.76. The number of benzene rings is 3. The van der Waals surface area contributed by atoms with Gasteiger partial charge in [-0.25, -0.2) is 4.98 Å². The van der Waals surface area contributed by atoms with Crippen molar-refractivity contribution in [1.29, 1.82) is 0 Å². The van der Waals surface area contributed by atoms with Gasteiger partial charge in [-0.3, -0.25) is 0 Å². The van der Waals surface area contributed by atoms with Gasteiger partial charge in [-0.15, -0.1) is 0 Å². The van der Waals surface area contributed by atoms with Crippen molar-refractivity contribution in [3.63, 3.8) is 0 Å². The van der Waals surface area contributed by atoms with Crippen molar-refractivity contribution in [1.82, 2.24) is 9.55 Å². The Balaban J connectivity index is 1.43. The van der Waals surface area contributed by atoms with Crippen molar-refractivity contribution >= 4 is 11.0 Å². The summed E-state index contributed by atoms with van der Waals surface area (Å²) in [5.41, 5.74) is 6.28. The van der Waals surface area contributed by atoms with E-state index in [1.807, 2.05) is 0 Å². The molecule has 0 amide bonds. The van der Waals surface area contributed by atoms with Crippen molar-refractivity contribution < 1.29 is 4.74 Å². The molecule has 1 atom stereocenters. The van der Waals surface area contributed by atoms with E-state index in [9.17, 15) is 0 Å². The molecule has 1 unspecified atom stereocenters. The SMILES string of the molecule is CCC(C)c1ccc(OCCCn2c(Cc3ccccc3C)nc3ccccc32)cc1. The van der Waals surface area contributed by atoms with Crippen molar-refractivity contribution in [2.24, 2.45) is 0 Å². The molecule has 0 aliphatic carbocycles. The molecule has 1 heterocycles. The Bertz CT molecular complexity index is 1130. The van der Waals surface area contributed by atoms with Crippen LogP contribution in [0.1, 0.15) is 55.1 Å². The molecule has 0 bridgehead atoms. The third-order valence-corrected chi connectivity index (χ3v) is 6.20. The highest BCUT2D eigenvalue weighted by Gasteiger charge is 2.12. The third-order valence-electron chi connectivity index (χ3n) is 6.20. The average molecular weight is 413 g/mol. The maximum atomic E-state index is 6.03. The van der Waals surface area contributed by atoms with Crippen LogP contribution in [-0.4, -0.2) is 16.2 Å². The number of para-hydroxylation sites is 2. The number of fused-ring (bicyclic) bond motifs is 1. The van der Waals surface area contributed by atoms with Crippen LogP contribution in [0.5, 0.6) is 5.75 Å². The summed E-state index contributed by atoms with van der Waals surface area (Å²) in [5.74, 6) is 2.66. The molecule has 3 heteroatoms. The van der Waals surface area contributed by atoms with E-state index in [2.05, 4.69) is 98.1 Å². The molecule has 4 aromatic rings. The van der Waals surface area contributed by atoms with Gasteiger partial charge in [0.1, 0.15) is 11.6 Å². The number of imidazole rings is 1. The van der Waals surface area contributed by atoms with Crippen LogP contribution in [0.3, 0.4) is 0 Å². The van der Waals surface area contributed by atoms with Gasteiger partial charge in [0.25, 0.3) is 0 Å². The summed E-state index contributed by atoms with van der Waals surface area (Å²) in [6, 6.07) is 25.5. The van der Waals surface area contributed by atoms with E-state index in [1.54, 1.807) is 0 Å². The Hall–Kier alpha value is -3.07. The standard InChI is InChI=1S/C28H32N2O/c1-4-21(2)23-14-16-25(17-15-23)31-19-9-18-30-27-13-8-7-12-26(27)29-28(30)20-24-11-6-5-10-22(24)3/h5-8,10-17,21H,4,9,18-20H2,1-3H3. The lowest BCUT2D eigenvalue weighted by atomic mass is 9.99. The molecule has 0 radical (unpaired) electrons. The van der Waals surface area contributed by atoms with Crippen molar-refractivity contribution in [2.75, 3.05) is 6.61 Å². The Kier molecular flexibility index (Phi) is 6.71. The summed E-state index contributed by atoms with van der Waals surface area (Å²) in [6.45, 7) is 8.25. The Labute approximate surface area is 185 Å². The largest absolute Gasteiger partial charge is 0.494 e. The van der Waals surface area contributed by atoms with Gasteiger partial charge in [-0.2, -0.15) is 0 Å². The molecule has 31 heavy (non-hydrogen) atoms. The molecule has 1 aromatic heterocycles. The molecule has 4 rings (SSSR count). The molecule has 0 aliphatic rings. The van der Waals surface area contributed by atoms with Crippen LogP contribution >= 0.6 is 0 Å². The zero-order valence-electron chi connectivity index (χ0n) is 18.8. The first-order valence-corrected chi connectivity index (χ1v) is 11.4. The minimum Gasteiger partial charge on any atom is -0.494 e. The fraction of sp³-hybridized carbons (Fsp3) is 0.321. The number of rotatable bonds is 9. The van der Waals surface area contributed by atoms with Crippen LogP contribution < -0.4 is 4.74 Å². The lowest BCUT2D eigenvalue weighted by molar-refractivity contribution is 0.302. The van der Waals surface area contributed by atoms with E-state index in [-0.39, 0.29) is 0 Å². The second-order valence-electron chi connectivity index (χ2n) is 8.35. The lowest BCUT2D eigenvalue weighted by Gasteiger charge is -2.12. The molecule has 0 saturated carbocycles. The summed E-state index contributed by atoms with van der Waals surface area (Å²) < 4.78 is 8.39. The number of aryl methyl sites for hydroxylation is 2. The van der Waals surface area contributed by atoms with Crippen molar-refractivity contribution in [3.8, 4) is 5.75 Å². The predicted molar refractivity (Wildman–Crippen MR) is 129 cm³/mol. The highest BCUT2D eigenvalue weighted by Crippen LogP contribution is 2.23. The summed E-state index contributed by atoms with van der Waals surface area (Å²) in [7, 11) is 0. The molecule has 0 fully saturated rings. The molecule has 3 aromatic carbocycles. The molecule has 0 N–H and O–H groups in total. The number of nitrogens with zero attached hydrogens (tertiary/aromatic N) is 2. The molecule has 0 aliphatic heterocycles. The van der Waals surface area contributed by atoms with Gasteiger partial charge in [-0.1, -0.05) is 62.4 Å². The molecule has 160 valence electrons. The smallest absolute Gasteiger partial charge is 0.119 e. The fourth-order valence-electron chi connectivity index (χ4n) is 4.03. The average Bonchev–Trinajstić information content (AvgIpc) is 3.15. The minimum absolute atomic E-state index is 0.593. The minimum atomic E-state index is 0.593.